The number of benzene rings is 2. The average Bonchev–Trinajstić information content (AvgIpc) is 2.68. The Kier molecular flexibility index (Phi) is 5.73. The zero-order valence-corrected chi connectivity index (χ0v) is 15.6. The molecule has 0 amide bonds. The average molecular weight is 392 g/mol. The van der Waals surface area contributed by atoms with Crippen LogP contribution < -0.4 is 4.74 Å². The summed E-state index contributed by atoms with van der Waals surface area (Å²) in [6.45, 7) is 3.13. The van der Waals surface area contributed by atoms with Crippen molar-refractivity contribution in [3.8, 4) is 5.75 Å². The van der Waals surface area contributed by atoms with Gasteiger partial charge < -0.3 is 9.47 Å². The van der Waals surface area contributed by atoms with Crippen molar-refractivity contribution in [2.45, 2.75) is 18.4 Å². The monoisotopic (exact) mass is 392 g/mol. The summed E-state index contributed by atoms with van der Waals surface area (Å²) in [5, 5.41) is 11.5. The van der Waals surface area contributed by atoms with Gasteiger partial charge in [0.1, 0.15) is 6.61 Å². The summed E-state index contributed by atoms with van der Waals surface area (Å²) in [4.78, 5) is 10.7. The van der Waals surface area contributed by atoms with E-state index in [1.165, 1.54) is 16.4 Å². The van der Waals surface area contributed by atoms with Gasteiger partial charge in [0, 0.05) is 19.2 Å². The van der Waals surface area contributed by atoms with E-state index in [0.717, 1.165) is 17.2 Å². The lowest BCUT2D eigenvalue weighted by Crippen LogP contribution is -2.40. The Morgan fingerprint density at radius 2 is 1.89 bits per heavy atom. The standard InChI is InChI=1S/C18H20N2O6S/c1-14-4-2-3-5-15(14)13-26-18-7-6-16(12-17(18)20(21)22)27(23,24)19-8-10-25-11-9-19/h2-7,12H,8-11,13H2,1H3. The second kappa shape index (κ2) is 8.03. The number of sulfonamides is 1. The maximum absolute atomic E-state index is 12.7. The van der Waals surface area contributed by atoms with Crippen LogP contribution in [0.25, 0.3) is 0 Å². The van der Waals surface area contributed by atoms with E-state index in [2.05, 4.69) is 0 Å². The maximum atomic E-state index is 12.7. The van der Waals surface area contributed by atoms with E-state index in [1.807, 2.05) is 31.2 Å². The Balaban J connectivity index is 1.86. The molecule has 0 saturated carbocycles. The van der Waals surface area contributed by atoms with E-state index in [4.69, 9.17) is 9.47 Å². The summed E-state index contributed by atoms with van der Waals surface area (Å²) in [6, 6.07) is 11.3. The van der Waals surface area contributed by atoms with Crippen LogP contribution in [0.2, 0.25) is 0 Å². The van der Waals surface area contributed by atoms with Crippen LogP contribution in [0.5, 0.6) is 5.75 Å². The molecular weight excluding hydrogens is 372 g/mol. The predicted octanol–water partition coefficient (Wildman–Crippen LogP) is 2.50. The minimum absolute atomic E-state index is 0.0316. The molecule has 8 nitrogen and oxygen atoms in total. The van der Waals surface area contributed by atoms with E-state index in [0.29, 0.717) is 13.2 Å². The highest BCUT2D eigenvalue weighted by Crippen LogP contribution is 2.31. The molecule has 2 aromatic carbocycles. The summed E-state index contributed by atoms with van der Waals surface area (Å²) >= 11 is 0. The van der Waals surface area contributed by atoms with Crippen LogP contribution in [-0.2, 0) is 21.4 Å². The number of hydrogen-bond donors (Lipinski definition) is 0. The SMILES string of the molecule is Cc1ccccc1COc1ccc(S(=O)(=O)N2CCOCC2)cc1[N+](=O)[O-]. The van der Waals surface area contributed by atoms with Crippen LogP contribution in [0.15, 0.2) is 47.4 Å². The largest absolute Gasteiger partial charge is 0.482 e. The predicted molar refractivity (Wildman–Crippen MR) is 98.2 cm³/mol. The molecule has 1 aliphatic heterocycles. The molecule has 0 aromatic heterocycles. The molecule has 2 aromatic rings. The fourth-order valence-corrected chi connectivity index (χ4v) is 4.21. The molecule has 1 saturated heterocycles. The zero-order valence-electron chi connectivity index (χ0n) is 14.8. The maximum Gasteiger partial charge on any atom is 0.312 e. The van der Waals surface area contributed by atoms with Crippen molar-refractivity contribution < 1.29 is 22.8 Å². The summed E-state index contributed by atoms with van der Waals surface area (Å²) in [5.41, 5.74) is 1.53. The van der Waals surface area contributed by atoms with Crippen molar-refractivity contribution in [3.05, 3.63) is 63.7 Å². The quantitative estimate of drug-likeness (QED) is 0.553. The Morgan fingerprint density at radius 3 is 2.56 bits per heavy atom. The van der Waals surface area contributed by atoms with E-state index < -0.39 is 14.9 Å². The number of hydrogen-bond acceptors (Lipinski definition) is 6. The summed E-state index contributed by atoms with van der Waals surface area (Å²) in [7, 11) is -3.82. The third-order valence-electron chi connectivity index (χ3n) is 4.38. The molecular formula is C18H20N2O6S. The Morgan fingerprint density at radius 1 is 1.19 bits per heavy atom. The van der Waals surface area contributed by atoms with Crippen molar-refractivity contribution in [2.75, 3.05) is 26.3 Å². The highest BCUT2D eigenvalue weighted by molar-refractivity contribution is 7.89. The highest BCUT2D eigenvalue weighted by atomic mass is 32.2. The number of nitro groups is 1. The van der Waals surface area contributed by atoms with Gasteiger partial charge in [-0.15, -0.1) is 0 Å². The third kappa shape index (κ3) is 4.26. The highest BCUT2D eigenvalue weighted by Gasteiger charge is 2.29. The molecule has 1 heterocycles. The van der Waals surface area contributed by atoms with E-state index in [9.17, 15) is 18.5 Å². The van der Waals surface area contributed by atoms with Gasteiger partial charge in [0.15, 0.2) is 5.75 Å². The van der Waals surface area contributed by atoms with Gasteiger partial charge in [-0.05, 0) is 30.2 Å². The fraction of sp³-hybridized carbons (Fsp3) is 0.333. The normalized spacial score (nSPS) is 15.4. The van der Waals surface area contributed by atoms with E-state index in [-0.39, 0.29) is 36.0 Å². The first-order valence-corrected chi connectivity index (χ1v) is 9.87. The molecule has 0 atom stereocenters. The molecule has 0 N–H and O–H groups in total. The molecule has 1 aliphatic rings. The second-order valence-corrected chi connectivity index (χ2v) is 8.06. The van der Waals surface area contributed by atoms with Gasteiger partial charge in [0.05, 0.1) is 23.0 Å². The lowest BCUT2D eigenvalue weighted by atomic mass is 10.1. The summed E-state index contributed by atoms with van der Waals surface area (Å²) in [5.74, 6) is 0.0316. The summed E-state index contributed by atoms with van der Waals surface area (Å²) in [6.07, 6.45) is 0. The molecule has 0 aliphatic carbocycles. The van der Waals surface area contributed by atoms with Gasteiger partial charge in [0.2, 0.25) is 10.0 Å². The summed E-state index contributed by atoms with van der Waals surface area (Å²) < 4.78 is 37.4. The fourth-order valence-electron chi connectivity index (χ4n) is 2.79. The molecule has 9 heteroatoms. The van der Waals surface area contributed by atoms with Gasteiger partial charge in [0.25, 0.3) is 0 Å². The van der Waals surface area contributed by atoms with Crippen LogP contribution >= 0.6 is 0 Å². The molecule has 144 valence electrons. The number of nitro benzene ring substituents is 1. The number of aryl methyl sites for hydroxylation is 1. The van der Waals surface area contributed by atoms with Crippen LogP contribution in [-0.4, -0.2) is 43.9 Å². The number of morpholine rings is 1. The number of nitrogens with zero attached hydrogens (tertiary/aromatic N) is 2. The van der Waals surface area contributed by atoms with Gasteiger partial charge in [-0.3, -0.25) is 10.1 Å². The van der Waals surface area contributed by atoms with E-state index in [1.54, 1.807) is 0 Å². The van der Waals surface area contributed by atoms with Crippen molar-refractivity contribution in [1.29, 1.82) is 0 Å². The number of rotatable bonds is 6. The molecule has 0 radical (unpaired) electrons. The molecule has 1 fully saturated rings. The van der Waals surface area contributed by atoms with Gasteiger partial charge in [-0.1, -0.05) is 24.3 Å². The van der Waals surface area contributed by atoms with Crippen LogP contribution in [0.1, 0.15) is 11.1 Å². The minimum Gasteiger partial charge on any atom is -0.482 e. The lowest BCUT2D eigenvalue weighted by Gasteiger charge is -2.26. The van der Waals surface area contributed by atoms with Gasteiger partial charge in [-0.2, -0.15) is 4.31 Å². The molecule has 0 spiro atoms. The smallest absolute Gasteiger partial charge is 0.312 e. The topological polar surface area (TPSA) is 99.0 Å². The van der Waals surface area contributed by atoms with Crippen LogP contribution in [0.4, 0.5) is 5.69 Å². The van der Waals surface area contributed by atoms with Crippen LogP contribution in [0.3, 0.4) is 0 Å². The lowest BCUT2D eigenvalue weighted by molar-refractivity contribution is -0.386. The van der Waals surface area contributed by atoms with Gasteiger partial charge in [-0.25, -0.2) is 8.42 Å². The Labute approximate surface area is 157 Å². The molecule has 0 bridgehead atoms. The molecule has 0 unspecified atom stereocenters. The van der Waals surface area contributed by atoms with Crippen molar-refractivity contribution >= 4 is 15.7 Å². The van der Waals surface area contributed by atoms with Crippen LogP contribution in [0, 0.1) is 17.0 Å². The number of ether oxygens (including phenoxy) is 2. The van der Waals surface area contributed by atoms with E-state index >= 15 is 0 Å². The van der Waals surface area contributed by atoms with Crippen molar-refractivity contribution in [2.24, 2.45) is 0 Å². The minimum atomic E-state index is -3.82. The van der Waals surface area contributed by atoms with Gasteiger partial charge >= 0.3 is 5.69 Å². The first-order valence-electron chi connectivity index (χ1n) is 8.43. The molecule has 27 heavy (non-hydrogen) atoms. The first-order chi connectivity index (χ1) is 12.9. The molecule has 3 rings (SSSR count). The Bertz CT molecular complexity index is 939. The first kappa shape index (κ1) is 19.3. The zero-order chi connectivity index (χ0) is 19.4. The third-order valence-corrected chi connectivity index (χ3v) is 6.27. The Hall–Kier alpha value is -2.49. The van der Waals surface area contributed by atoms with Crippen molar-refractivity contribution in [1.82, 2.24) is 4.31 Å². The second-order valence-electron chi connectivity index (χ2n) is 6.12. The van der Waals surface area contributed by atoms with Crippen molar-refractivity contribution in [3.63, 3.8) is 0 Å².